The summed E-state index contributed by atoms with van der Waals surface area (Å²) in [5.74, 6) is -0.396. The summed E-state index contributed by atoms with van der Waals surface area (Å²) in [5, 5.41) is 0. The Hall–Kier alpha value is -1.30. The Balaban J connectivity index is 3.67. The fraction of sp³-hybridized carbons (Fsp3) is 0.737. The Bertz CT molecular complexity index is 704. The van der Waals surface area contributed by atoms with E-state index in [1.54, 1.807) is 0 Å². The van der Waals surface area contributed by atoms with Crippen molar-refractivity contribution in [3.8, 4) is 0 Å². The smallest absolute Gasteiger partial charge is 0.0882 e. The van der Waals surface area contributed by atoms with E-state index in [1.165, 1.54) is 77.0 Å². The molecule has 0 spiro atoms. The molecule has 0 atom stereocenters. The number of unbranched alkanes of at least 4 members (excludes halogenated alkanes) is 16. The molecule has 0 aliphatic carbocycles. The number of hydrogen-bond acceptors (Lipinski definition) is 4. The van der Waals surface area contributed by atoms with Gasteiger partial charge in [0.2, 0.25) is 0 Å². The van der Waals surface area contributed by atoms with Gasteiger partial charge in [0.25, 0.3) is 0 Å². The fourth-order valence-corrected chi connectivity index (χ4v) is 8.66. The Morgan fingerprint density at radius 1 is 0.442 bits per heavy atom. The zero-order chi connectivity index (χ0) is 31.7. The molecule has 0 rings (SSSR count). The molecule has 0 unspecified atom stereocenters. The SMILES string of the molecule is CCCCC/C=C\C/C=C\CCCCCCCC(=O)[O][Sn]([CH3])([CH3])[O]C(=O)CCCCCCC/C=C\C/C=C\CCCCC. The second kappa shape index (κ2) is 32.1. The van der Waals surface area contributed by atoms with Gasteiger partial charge in [-0.25, -0.2) is 0 Å². The van der Waals surface area contributed by atoms with Crippen LogP contribution in [0.1, 0.15) is 168 Å². The molecular weight excluding hydrogens is 639 g/mol. The molecule has 0 fully saturated rings. The van der Waals surface area contributed by atoms with Crippen LogP contribution in [0.15, 0.2) is 48.6 Å². The number of allylic oxidation sites excluding steroid dienone is 8. The molecule has 0 heterocycles. The minimum atomic E-state index is -3.57. The van der Waals surface area contributed by atoms with Gasteiger partial charge in [0, 0.05) is 0 Å². The molecule has 0 aromatic rings. The van der Waals surface area contributed by atoms with Crippen molar-refractivity contribution in [1.82, 2.24) is 0 Å². The van der Waals surface area contributed by atoms with Gasteiger partial charge in [0.15, 0.2) is 0 Å². The van der Waals surface area contributed by atoms with Gasteiger partial charge in [-0.3, -0.25) is 0 Å². The molecule has 248 valence electrons. The summed E-state index contributed by atoms with van der Waals surface area (Å²) in [4.78, 5) is 28.3. The summed E-state index contributed by atoms with van der Waals surface area (Å²) >= 11 is -3.57. The van der Waals surface area contributed by atoms with Crippen molar-refractivity contribution in [1.29, 1.82) is 0 Å². The molecule has 0 N–H and O–H groups in total. The normalized spacial score (nSPS) is 12.4. The summed E-state index contributed by atoms with van der Waals surface area (Å²) in [6.45, 7) is 4.48. The van der Waals surface area contributed by atoms with E-state index in [9.17, 15) is 9.59 Å². The first-order chi connectivity index (χ1) is 20.9. The summed E-state index contributed by atoms with van der Waals surface area (Å²) < 4.78 is 11.3. The van der Waals surface area contributed by atoms with E-state index in [-0.39, 0.29) is 11.9 Å². The number of hydrogen-bond donors (Lipinski definition) is 0. The second-order valence-corrected chi connectivity index (χ2v) is 21.5. The predicted octanol–water partition coefficient (Wildman–Crippen LogP) is 12.4. The average molecular weight is 708 g/mol. The van der Waals surface area contributed by atoms with Gasteiger partial charge in [-0.15, -0.1) is 0 Å². The molecule has 5 heteroatoms. The molecule has 43 heavy (non-hydrogen) atoms. The van der Waals surface area contributed by atoms with Crippen LogP contribution in [0.5, 0.6) is 0 Å². The zero-order valence-corrected chi connectivity index (χ0v) is 31.6. The van der Waals surface area contributed by atoms with Gasteiger partial charge in [-0.05, 0) is 25.7 Å². The van der Waals surface area contributed by atoms with Crippen molar-refractivity contribution >= 4 is 31.1 Å². The Kier molecular flexibility index (Phi) is 31.1. The molecule has 0 aromatic carbocycles. The Labute approximate surface area is 272 Å². The van der Waals surface area contributed by atoms with E-state index in [0.29, 0.717) is 12.8 Å². The van der Waals surface area contributed by atoms with E-state index in [2.05, 4.69) is 62.5 Å². The van der Waals surface area contributed by atoms with E-state index in [1.807, 2.05) is 9.88 Å². The topological polar surface area (TPSA) is 52.6 Å². The van der Waals surface area contributed by atoms with Gasteiger partial charge in [-0.1, -0.05) is 63.8 Å². The molecule has 0 amide bonds. The number of rotatable bonds is 30. The minimum absolute atomic E-state index is 0.198. The van der Waals surface area contributed by atoms with E-state index >= 15 is 0 Å². The van der Waals surface area contributed by atoms with Crippen molar-refractivity contribution in [2.45, 2.75) is 178 Å². The quantitative estimate of drug-likeness (QED) is 0.0424. The van der Waals surface area contributed by atoms with Gasteiger partial charge >= 0.3 is 184 Å². The maximum absolute atomic E-state index is 12.3. The molecule has 0 radical (unpaired) electrons. The summed E-state index contributed by atoms with van der Waals surface area (Å²) in [7, 11) is 0. The Morgan fingerprint density at radius 3 is 1.09 bits per heavy atom. The molecule has 0 aliphatic heterocycles. The second-order valence-electron chi connectivity index (χ2n) is 12.3. The summed E-state index contributed by atoms with van der Waals surface area (Å²) in [6.07, 6.45) is 44.6. The van der Waals surface area contributed by atoms with Crippen molar-refractivity contribution in [2.24, 2.45) is 0 Å². The summed E-state index contributed by atoms with van der Waals surface area (Å²) in [6, 6.07) is 0. The number of carbonyl (C=O) groups is 2. The first-order valence-electron chi connectivity index (χ1n) is 17.9. The van der Waals surface area contributed by atoms with E-state index < -0.39 is 19.2 Å². The average Bonchev–Trinajstić information content (AvgIpc) is 2.96. The molecule has 0 aliphatic rings. The first-order valence-corrected chi connectivity index (χ1v) is 26.0. The molecule has 4 nitrogen and oxygen atoms in total. The van der Waals surface area contributed by atoms with Crippen molar-refractivity contribution in [3.63, 3.8) is 0 Å². The van der Waals surface area contributed by atoms with Crippen LogP contribution in [0.3, 0.4) is 0 Å². The third kappa shape index (κ3) is 33.4. The predicted molar refractivity (Wildman–Crippen MR) is 188 cm³/mol. The molecule has 0 aromatic heterocycles. The van der Waals surface area contributed by atoms with Crippen LogP contribution >= 0.6 is 0 Å². The van der Waals surface area contributed by atoms with Crippen LogP contribution in [-0.2, 0) is 15.7 Å². The van der Waals surface area contributed by atoms with Crippen molar-refractivity contribution < 1.29 is 15.7 Å². The standard InChI is InChI=1S/2C18H32O2.2CH3.Sn/c2*1-2-3-4-5-6-7-8-9-10-11-12-13-14-15-16-17-18(19)20;;;/h2*6-7,9-10H,2-5,8,11-17H2,1H3,(H,19,20);2*1H3;/q;;;;+2/p-2/b2*7-6-,10-9-;;;. The van der Waals surface area contributed by atoms with Gasteiger partial charge in [0.05, 0.1) is 0 Å². The molecule has 0 bridgehead atoms. The number of carbonyl (C=O) groups excluding carboxylic acids is 2. The van der Waals surface area contributed by atoms with Crippen LogP contribution < -0.4 is 0 Å². The van der Waals surface area contributed by atoms with Gasteiger partial charge in [0.1, 0.15) is 0 Å². The van der Waals surface area contributed by atoms with E-state index in [0.717, 1.165) is 64.2 Å². The van der Waals surface area contributed by atoms with Crippen molar-refractivity contribution in [2.75, 3.05) is 0 Å². The maximum atomic E-state index is 12.3. The van der Waals surface area contributed by atoms with E-state index in [4.69, 9.17) is 6.15 Å². The van der Waals surface area contributed by atoms with Gasteiger partial charge in [-0.2, -0.15) is 0 Å². The van der Waals surface area contributed by atoms with Crippen LogP contribution in [0.2, 0.25) is 9.88 Å². The molecule has 0 saturated heterocycles. The zero-order valence-electron chi connectivity index (χ0n) is 28.7. The van der Waals surface area contributed by atoms with Crippen molar-refractivity contribution in [3.05, 3.63) is 48.6 Å². The van der Waals surface area contributed by atoms with Crippen LogP contribution in [0.4, 0.5) is 0 Å². The first kappa shape index (κ1) is 41.7. The summed E-state index contributed by atoms with van der Waals surface area (Å²) in [5.41, 5.74) is 0. The van der Waals surface area contributed by atoms with Crippen LogP contribution in [0, 0.1) is 0 Å². The molecule has 0 saturated carbocycles. The molecular formula is C38H68O4Sn. The Morgan fingerprint density at radius 2 is 0.744 bits per heavy atom. The van der Waals surface area contributed by atoms with Gasteiger partial charge < -0.3 is 0 Å². The van der Waals surface area contributed by atoms with Crippen LogP contribution in [-0.4, -0.2) is 31.1 Å². The monoisotopic (exact) mass is 708 g/mol. The van der Waals surface area contributed by atoms with Crippen LogP contribution in [0.25, 0.3) is 0 Å². The minimum Gasteiger partial charge on any atom is -0.0882 e. The fourth-order valence-electron chi connectivity index (χ4n) is 4.83. The third-order valence-corrected chi connectivity index (χ3v) is 11.5. The third-order valence-electron chi connectivity index (χ3n) is 7.38.